The number of anilines is 1. The van der Waals surface area contributed by atoms with E-state index in [2.05, 4.69) is 0 Å². The second kappa shape index (κ2) is 5.99. The molecule has 1 amide bonds. The average molecular weight is 304 g/mol. The van der Waals surface area contributed by atoms with Crippen LogP contribution in [0.3, 0.4) is 0 Å². The van der Waals surface area contributed by atoms with Gasteiger partial charge in [-0.1, -0.05) is 12.1 Å². The zero-order valence-corrected chi connectivity index (χ0v) is 13.5. The van der Waals surface area contributed by atoms with Gasteiger partial charge in [0.1, 0.15) is 17.4 Å². The lowest BCUT2D eigenvalue weighted by Crippen LogP contribution is -2.54. The number of hydrogen-bond donors (Lipinski definition) is 1. The van der Waals surface area contributed by atoms with Crippen molar-refractivity contribution in [2.24, 2.45) is 0 Å². The van der Waals surface area contributed by atoms with Crippen molar-refractivity contribution in [2.75, 3.05) is 12.3 Å². The van der Waals surface area contributed by atoms with Crippen LogP contribution >= 0.6 is 0 Å². The Bertz CT molecular complexity index is 548. The van der Waals surface area contributed by atoms with Gasteiger partial charge in [0.15, 0.2) is 0 Å². The van der Waals surface area contributed by atoms with E-state index in [0.29, 0.717) is 18.7 Å². The van der Waals surface area contributed by atoms with E-state index in [-0.39, 0.29) is 0 Å². The number of carbonyl (C=O) groups excluding carboxylic acids is 2. The molecular weight excluding hydrogens is 280 g/mol. The minimum Gasteiger partial charge on any atom is -0.444 e. The summed E-state index contributed by atoms with van der Waals surface area (Å²) >= 11 is 0. The maximum absolute atomic E-state index is 12.5. The number of nitrogens with two attached hydrogens (primary N) is 1. The molecule has 1 atom stereocenters. The zero-order valence-electron chi connectivity index (χ0n) is 13.5. The molecule has 5 nitrogen and oxygen atoms in total. The molecule has 120 valence electrons. The first kappa shape index (κ1) is 16.3. The standard InChI is InChI=1S/C17H24N2O3/c1-16(2,3)22-15(21)19-11-5-4-10-17(19,12-20)13-6-8-14(18)9-7-13/h6-9,12H,4-5,10-11,18H2,1-3H3. The highest BCUT2D eigenvalue weighted by molar-refractivity contribution is 5.79. The molecule has 5 heteroatoms. The number of nitrogens with zero attached hydrogens (tertiary/aromatic N) is 1. The van der Waals surface area contributed by atoms with E-state index in [1.165, 1.54) is 0 Å². The Morgan fingerprint density at radius 2 is 1.91 bits per heavy atom. The Hall–Kier alpha value is -2.04. The Morgan fingerprint density at radius 1 is 1.27 bits per heavy atom. The van der Waals surface area contributed by atoms with Crippen molar-refractivity contribution < 1.29 is 14.3 Å². The van der Waals surface area contributed by atoms with Gasteiger partial charge in [0.05, 0.1) is 0 Å². The van der Waals surface area contributed by atoms with Gasteiger partial charge in [0.2, 0.25) is 0 Å². The molecule has 1 aliphatic rings. The fourth-order valence-corrected chi connectivity index (χ4v) is 2.83. The number of ether oxygens (including phenoxy) is 1. The van der Waals surface area contributed by atoms with Crippen molar-refractivity contribution in [1.29, 1.82) is 0 Å². The first-order chi connectivity index (χ1) is 10.3. The van der Waals surface area contributed by atoms with Gasteiger partial charge < -0.3 is 15.3 Å². The zero-order chi connectivity index (χ0) is 16.4. The second-order valence-electron chi connectivity index (χ2n) is 6.75. The molecule has 0 aromatic heterocycles. The summed E-state index contributed by atoms with van der Waals surface area (Å²) in [6.07, 6.45) is 2.77. The van der Waals surface area contributed by atoms with Gasteiger partial charge in [-0.05, 0) is 57.7 Å². The molecule has 22 heavy (non-hydrogen) atoms. The van der Waals surface area contributed by atoms with E-state index < -0.39 is 17.2 Å². The molecular formula is C17H24N2O3. The summed E-state index contributed by atoms with van der Waals surface area (Å²) in [6, 6.07) is 7.13. The number of rotatable bonds is 2. The van der Waals surface area contributed by atoms with Crippen LogP contribution in [0.2, 0.25) is 0 Å². The maximum Gasteiger partial charge on any atom is 0.411 e. The fraction of sp³-hybridized carbons (Fsp3) is 0.529. The first-order valence-corrected chi connectivity index (χ1v) is 7.61. The van der Waals surface area contributed by atoms with Crippen LogP contribution in [0, 0.1) is 0 Å². The number of nitrogen functional groups attached to an aromatic ring is 1. The predicted octanol–water partition coefficient (Wildman–Crippen LogP) is 3.08. The molecule has 2 N–H and O–H groups in total. The van der Waals surface area contributed by atoms with Crippen LogP contribution in [0.4, 0.5) is 10.5 Å². The molecule has 1 fully saturated rings. The molecule has 0 radical (unpaired) electrons. The summed E-state index contributed by atoms with van der Waals surface area (Å²) in [5.74, 6) is 0. The van der Waals surface area contributed by atoms with E-state index in [4.69, 9.17) is 10.5 Å². The largest absolute Gasteiger partial charge is 0.444 e. The van der Waals surface area contributed by atoms with Gasteiger partial charge in [0, 0.05) is 12.2 Å². The summed E-state index contributed by atoms with van der Waals surface area (Å²) in [7, 11) is 0. The van der Waals surface area contributed by atoms with E-state index in [9.17, 15) is 9.59 Å². The van der Waals surface area contributed by atoms with Crippen LogP contribution in [-0.4, -0.2) is 29.4 Å². The number of likely N-dealkylation sites (tertiary alicyclic amines) is 1. The lowest BCUT2D eigenvalue weighted by atomic mass is 9.81. The molecule has 1 saturated heterocycles. The van der Waals surface area contributed by atoms with E-state index >= 15 is 0 Å². The molecule has 1 aliphatic heterocycles. The van der Waals surface area contributed by atoms with Crippen molar-refractivity contribution in [1.82, 2.24) is 4.90 Å². The minimum absolute atomic E-state index is 0.448. The van der Waals surface area contributed by atoms with Crippen LogP contribution in [0.15, 0.2) is 24.3 Å². The molecule has 1 heterocycles. The van der Waals surface area contributed by atoms with Crippen LogP contribution in [0.25, 0.3) is 0 Å². The van der Waals surface area contributed by atoms with Crippen molar-refractivity contribution >= 4 is 18.1 Å². The first-order valence-electron chi connectivity index (χ1n) is 7.61. The average Bonchev–Trinajstić information content (AvgIpc) is 2.46. The Kier molecular flexibility index (Phi) is 4.44. The Balaban J connectivity index is 2.39. The van der Waals surface area contributed by atoms with Gasteiger partial charge in [-0.15, -0.1) is 0 Å². The SMILES string of the molecule is CC(C)(C)OC(=O)N1CCCCC1(C=O)c1ccc(N)cc1. The maximum atomic E-state index is 12.5. The van der Waals surface area contributed by atoms with Crippen molar-refractivity contribution in [2.45, 2.75) is 51.2 Å². The molecule has 1 unspecified atom stereocenters. The number of hydrogen-bond acceptors (Lipinski definition) is 4. The van der Waals surface area contributed by atoms with E-state index in [0.717, 1.165) is 24.7 Å². The van der Waals surface area contributed by atoms with Gasteiger partial charge in [0.25, 0.3) is 0 Å². The lowest BCUT2D eigenvalue weighted by Gasteiger charge is -2.44. The summed E-state index contributed by atoms with van der Waals surface area (Å²) in [5, 5.41) is 0. The van der Waals surface area contributed by atoms with Crippen LogP contribution in [0.5, 0.6) is 0 Å². The van der Waals surface area contributed by atoms with Gasteiger partial charge in [-0.25, -0.2) is 4.79 Å². The normalized spacial score (nSPS) is 22.2. The number of amides is 1. The number of benzene rings is 1. The highest BCUT2D eigenvalue weighted by atomic mass is 16.6. The smallest absolute Gasteiger partial charge is 0.411 e. The predicted molar refractivity (Wildman–Crippen MR) is 85.4 cm³/mol. The fourth-order valence-electron chi connectivity index (χ4n) is 2.83. The van der Waals surface area contributed by atoms with E-state index in [1.54, 1.807) is 17.0 Å². The van der Waals surface area contributed by atoms with Gasteiger partial charge in [-0.2, -0.15) is 0 Å². The second-order valence-corrected chi connectivity index (χ2v) is 6.75. The topological polar surface area (TPSA) is 72.6 Å². The van der Waals surface area contributed by atoms with Crippen molar-refractivity contribution in [3.63, 3.8) is 0 Å². The highest BCUT2D eigenvalue weighted by Crippen LogP contribution is 2.37. The summed E-state index contributed by atoms with van der Waals surface area (Å²) in [5.41, 5.74) is 5.58. The third-order valence-electron chi connectivity index (χ3n) is 3.89. The quantitative estimate of drug-likeness (QED) is 0.673. The van der Waals surface area contributed by atoms with Gasteiger partial charge in [-0.3, -0.25) is 4.90 Å². The minimum atomic E-state index is -0.964. The van der Waals surface area contributed by atoms with Crippen LogP contribution in [0.1, 0.15) is 45.6 Å². The molecule has 1 aromatic carbocycles. The monoisotopic (exact) mass is 304 g/mol. The molecule has 0 saturated carbocycles. The summed E-state index contributed by atoms with van der Waals surface area (Å²) in [4.78, 5) is 26.1. The number of carbonyl (C=O) groups is 2. The number of piperidine rings is 1. The highest BCUT2D eigenvalue weighted by Gasteiger charge is 2.44. The van der Waals surface area contributed by atoms with Crippen LogP contribution in [-0.2, 0) is 15.1 Å². The lowest BCUT2D eigenvalue weighted by molar-refractivity contribution is -0.121. The third kappa shape index (κ3) is 3.24. The molecule has 0 aliphatic carbocycles. The van der Waals surface area contributed by atoms with Gasteiger partial charge >= 0.3 is 6.09 Å². The van der Waals surface area contributed by atoms with E-state index in [1.807, 2.05) is 32.9 Å². The molecule has 1 aromatic rings. The number of aldehydes is 1. The summed E-state index contributed by atoms with van der Waals surface area (Å²) < 4.78 is 5.48. The molecule has 0 bridgehead atoms. The Labute approximate surface area is 131 Å². The van der Waals surface area contributed by atoms with Crippen molar-refractivity contribution in [3.05, 3.63) is 29.8 Å². The Morgan fingerprint density at radius 3 is 2.45 bits per heavy atom. The molecule has 2 rings (SSSR count). The summed E-state index contributed by atoms with van der Waals surface area (Å²) in [6.45, 7) is 5.97. The molecule has 0 spiro atoms. The third-order valence-corrected chi connectivity index (χ3v) is 3.89. The van der Waals surface area contributed by atoms with Crippen molar-refractivity contribution in [3.8, 4) is 0 Å². The van der Waals surface area contributed by atoms with Crippen LogP contribution < -0.4 is 5.73 Å².